The van der Waals surface area contributed by atoms with Crippen LogP contribution in [0.15, 0.2) is 18.2 Å². The van der Waals surface area contributed by atoms with Crippen molar-refractivity contribution < 1.29 is 13.5 Å². The summed E-state index contributed by atoms with van der Waals surface area (Å²) in [4.78, 5) is 0. The summed E-state index contributed by atoms with van der Waals surface area (Å²) in [6.45, 7) is 3.11. The molecule has 1 rings (SSSR count). The highest BCUT2D eigenvalue weighted by molar-refractivity contribution is 6.31. The molecule has 2 nitrogen and oxygen atoms in total. The van der Waals surface area contributed by atoms with E-state index < -0.39 is 17.9 Å². The minimum atomic E-state index is -3.05. The molecule has 0 bridgehead atoms. The molecular weight excluding hydrogens is 248 g/mol. The lowest BCUT2D eigenvalue weighted by atomic mass is 9.93. The van der Waals surface area contributed by atoms with Crippen molar-refractivity contribution in [3.8, 4) is 5.75 Å². The van der Waals surface area contributed by atoms with Gasteiger partial charge in [-0.05, 0) is 32.0 Å². The first-order chi connectivity index (χ1) is 7.65. The molecule has 0 aliphatic carbocycles. The molecule has 0 saturated heterocycles. The lowest BCUT2D eigenvalue weighted by Gasteiger charge is -2.26. The van der Waals surface area contributed by atoms with Crippen LogP contribution in [0.25, 0.3) is 0 Å². The van der Waals surface area contributed by atoms with Crippen LogP contribution in [0.5, 0.6) is 5.75 Å². The van der Waals surface area contributed by atoms with Gasteiger partial charge in [-0.2, -0.15) is 0 Å². The van der Waals surface area contributed by atoms with Crippen molar-refractivity contribution in [2.75, 3.05) is 7.11 Å². The van der Waals surface area contributed by atoms with Gasteiger partial charge in [0.1, 0.15) is 5.75 Å². The smallest absolute Gasteiger partial charge is 0.276 e. The van der Waals surface area contributed by atoms with E-state index >= 15 is 0 Å². The van der Waals surface area contributed by atoms with Crippen LogP contribution in [0, 0.1) is 0 Å². The molecular formula is C12H16ClF2NO. The number of halogens is 3. The Labute approximate surface area is 105 Å². The molecule has 17 heavy (non-hydrogen) atoms. The molecule has 2 N–H and O–H groups in total. The Morgan fingerprint density at radius 1 is 1.35 bits per heavy atom. The van der Waals surface area contributed by atoms with Gasteiger partial charge < -0.3 is 10.5 Å². The van der Waals surface area contributed by atoms with E-state index in [0.717, 1.165) is 0 Å². The SMILES string of the molecule is COc1ccc(C(F)(F)CC(C)(C)N)c(Cl)c1. The van der Waals surface area contributed by atoms with Gasteiger partial charge in [0.2, 0.25) is 0 Å². The maximum absolute atomic E-state index is 13.9. The average molecular weight is 264 g/mol. The first-order valence-corrected chi connectivity index (χ1v) is 5.54. The van der Waals surface area contributed by atoms with E-state index in [-0.39, 0.29) is 10.6 Å². The number of hydrogen-bond acceptors (Lipinski definition) is 2. The number of ether oxygens (including phenoxy) is 1. The summed E-state index contributed by atoms with van der Waals surface area (Å²) in [6.07, 6.45) is -0.466. The fourth-order valence-electron chi connectivity index (χ4n) is 1.59. The predicted octanol–water partition coefficient (Wildman–Crippen LogP) is 3.57. The molecule has 5 heteroatoms. The van der Waals surface area contributed by atoms with Crippen molar-refractivity contribution >= 4 is 11.6 Å². The molecule has 0 aliphatic heterocycles. The maximum atomic E-state index is 13.9. The Hall–Kier alpha value is -0.870. The first-order valence-electron chi connectivity index (χ1n) is 5.16. The molecule has 0 fully saturated rings. The van der Waals surface area contributed by atoms with E-state index in [2.05, 4.69) is 0 Å². The molecule has 96 valence electrons. The van der Waals surface area contributed by atoms with E-state index in [4.69, 9.17) is 22.1 Å². The third-order valence-corrected chi connectivity index (χ3v) is 2.56. The minimum Gasteiger partial charge on any atom is -0.497 e. The number of hydrogen-bond donors (Lipinski definition) is 1. The van der Waals surface area contributed by atoms with Gasteiger partial charge >= 0.3 is 0 Å². The van der Waals surface area contributed by atoms with Crippen molar-refractivity contribution in [2.24, 2.45) is 5.73 Å². The lowest BCUT2D eigenvalue weighted by Crippen LogP contribution is -2.38. The zero-order valence-corrected chi connectivity index (χ0v) is 10.8. The Morgan fingerprint density at radius 3 is 2.35 bits per heavy atom. The zero-order valence-electron chi connectivity index (χ0n) is 10.1. The van der Waals surface area contributed by atoms with E-state index in [9.17, 15) is 8.78 Å². The van der Waals surface area contributed by atoms with Gasteiger partial charge in [0, 0.05) is 17.5 Å². The van der Waals surface area contributed by atoms with Crippen LogP contribution in [0.4, 0.5) is 8.78 Å². The second-order valence-electron chi connectivity index (χ2n) is 4.72. The first kappa shape index (κ1) is 14.2. The van der Waals surface area contributed by atoms with Gasteiger partial charge in [0.25, 0.3) is 5.92 Å². The molecule has 1 aromatic carbocycles. The Bertz CT molecular complexity index is 402. The van der Waals surface area contributed by atoms with E-state index in [1.807, 2.05) is 0 Å². The summed E-state index contributed by atoms with van der Waals surface area (Å²) < 4.78 is 32.8. The molecule has 0 radical (unpaired) electrons. The number of alkyl halides is 2. The average Bonchev–Trinajstić information content (AvgIpc) is 2.13. The van der Waals surface area contributed by atoms with Crippen LogP contribution in [-0.2, 0) is 5.92 Å². The standard InChI is InChI=1S/C12H16ClF2NO/c1-11(2,16)7-12(14,15)9-5-4-8(17-3)6-10(9)13/h4-6H,7,16H2,1-3H3. The second kappa shape index (κ2) is 4.78. The highest BCUT2D eigenvalue weighted by atomic mass is 35.5. The van der Waals surface area contributed by atoms with Gasteiger partial charge in [-0.15, -0.1) is 0 Å². The van der Waals surface area contributed by atoms with Crippen molar-refractivity contribution in [1.29, 1.82) is 0 Å². The van der Waals surface area contributed by atoms with Crippen molar-refractivity contribution in [3.05, 3.63) is 28.8 Å². The van der Waals surface area contributed by atoms with Gasteiger partial charge in [0.15, 0.2) is 0 Å². The molecule has 1 aromatic rings. The summed E-state index contributed by atoms with van der Waals surface area (Å²) >= 11 is 5.82. The number of rotatable bonds is 4. The van der Waals surface area contributed by atoms with Gasteiger partial charge in [-0.3, -0.25) is 0 Å². The topological polar surface area (TPSA) is 35.2 Å². The van der Waals surface area contributed by atoms with Gasteiger partial charge in [-0.25, -0.2) is 8.78 Å². The van der Waals surface area contributed by atoms with Crippen LogP contribution in [0.3, 0.4) is 0 Å². The summed E-state index contributed by atoms with van der Waals surface area (Å²) in [7, 11) is 1.45. The lowest BCUT2D eigenvalue weighted by molar-refractivity contribution is -0.0294. The van der Waals surface area contributed by atoms with E-state index in [0.29, 0.717) is 5.75 Å². The zero-order chi connectivity index (χ0) is 13.3. The summed E-state index contributed by atoms with van der Waals surface area (Å²) in [5.41, 5.74) is 4.43. The molecule has 0 heterocycles. The maximum Gasteiger partial charge on any atom is 0.276 e. The highest BCUT2D eigenvalue weighted by Crippen LogP contribution is 2.40. The fraction of sp³-hybridized carbons (Fsp3) is 0.500. The molecule has 0 aromatic heterocycles. The van der Waals surface area contributed by atoms with Gasteiger partial charge in [-0.1, -0.05) is 11.6 Å². The molecule has 0 saturated carbocycles. The minimum absolute atomic E-state index is 0.0152. The van der Waals surface area contributed by atoms with Crippen molar-refractivity contribution in [1.82, 2.24) is 0 Å². The Balaban J connectivity index is 3.06. The van der Waals surface area contributed by atoms with Crippen LogP contribution in [0.1, 0.15) is 25.8 Å². The van der Waals surface area contributed by atoms with E-state index in [1.165, 1.54) is 25.3 Å². The second-order valence-corrected chi connectivity index (χ2v) is 5.12. The van der Waals surface area contributed by atoms with Crippen molar-refractivity contribution in [3.63, 3.8) is 0 Å². The molecule has 0 atom stereocenters. The Kier molecular flexibility index (Phi) is 3.99. The normalized spacial score (nSPS) is 12.6. The Morgan fingerprint density at radius 2 is 1.94 bits per heavy atom. The summed E-state index contributed by atoms with van der Waals surface area (Å²) in [5.74, 6) is -2.61. The fourth-order valence-corrected chi connectivity index (χ4v) is 1.90. The predicted molar refractivity (Wildman–Crippen MR) is 64.8 cm³/mol. The third-order valence-electron chi connectivity index (χ3n) is 2.25. The van der Waals surface area contributed by atoms with Crippen LogP contribution in [0.2, 0.25) is 5.02 Å². The van der Waals surface area contributed by atoms with Crippen LogP contribution < -0.4 is 10.5 Å². The number of nitrogens with two attached hydrogens (primary N) is 1. The monoisotopic (exact) mass is 263 g/mol. The van der Waals surface area contributed by atoms with Crippen LogP contribution in [-0.4, -0.2) is 12.6 Å². The number of methoxy groups -OCH3 is 1. The molecule has 0 amide bonds. The third kappa shape index (κ3) is 3.82. The van der Waals surface area contributed by atoms with E-state index in [1.54, 1.807) is 13.8 Å². The number of benzene rings is 1. The van der Waals surface area contributed by atoms with Crippen molar-refractivity contribution in [2.45, 2.75) is 31.7 Å². The quantitative estimate of drug-likeness (QED) is 0.901. The molecule has 0 unspecified atom stereocenters. The van der Waals surface area contributed by atoms with Crippen LogP contribution >= 0.6 is 11.6 Å². The van der Waals surface area contributed by atoms with Gasteiger partial charge in [0.05, 0.1) is 12.1 Å². The molecule has 0 spiro atoms. The largest absolute Gasteiger partial charge is 0.497 e. The summed E-state index contributed by atoms with van der Waals surface area (Å²) in [6, 6.07) is 4.10. The molecule has 0 aliphatic rings. The highest BCUT2D eigenvalue weighted by Gasteiger charge is 2.38. The summed E-state index contributed by atoms with van der Waals surface area (Å²) in [5, 5.41) is -0.0152.